The minimum Gasteiger partial charge on any atom is -0.487 e. The Kier molecular flexibility index (Phi) is 3.52. The molecule has 0 spiro atoms. The van der Waals surface area contributed by atoms with E-state index in [1.165, 1.54) is 6.20 Å². The Morgan fingerprint density at radius 1 is 1.39 bits per heavy atom. The number of carboxylic acids is 1. The first kappa shape index (κ1) is 12.0. The molecule has 18 heavy (non-hydrogen) atoms. The SMILES string of the molecule is Cc1cccc(OCc2ccnc(C(=O)O)n2)c1. The van der Waals surface area contributed by atoms with Crippen LogP contribution in [0.4, 0.5) is 0 Å². The predicted octanol–water partition coefficient (Wildman–Crippen LogP) is 2.06. The number of ether oxygens (including phenoxy) is 1. The summed E-state index contributed by atoms with van der Waals surface area (Å²) in [6.45, 7) is 2.19. The van der Waals surface area contributed by atoms with Crippen molar-refractivity contribution in [3.8, 4) is 5.75 Å². The van der Waals surface area contributed by atoms with E-state index < -0.39 is 5.97 Å². The normalized spacial score (nSPS) is 10.1. The van der Waals surface area contributed by atoms with E-state index in [0.29, 0.717) is 5.69 Å². The molecule has 0 amide bonds. The first-order chi connectivity index (χ1) is 8.65. The summed E-state index contributed by atoms with van der Waals surface area (Å²) < 4.78 is 5.52. The molecule has 0 aliphatic heterocycles. The van der Waals surface area contributed by atoms with Crippen molar-refractivity contribution in [3.05, 3.63) is 53.6 Å². The van der Waals surface area contributed by atoms with Gasteiger partial charge in [-0.3, -0.25) is 0 Å². The number of aromatic carboxylic acids is 1. The van der Waals surface area contributed by atoms with Crippen molar-refractivity contribution in [1.29, 1.82) is 0 Å². The van der Waals surface area contributed by atoms with Crippen LogP contribution in [0.1, 0.15) is 21.9 Å². The smallest absolute Gasteiger partial charge is 0.373 e. The fraction of sp³-hybridized carbons (Fsp3) is 0.154. The lowest BCUT2D eigenvalue weighted by molar-refractivity contribution is 0.0682. The molecule has 1 aromatic carbocycles. The van der Waals surface area contributed by atoms with Crippen molar-refractivity contribution in [2.75, 3.05) is 0 Å². The molecular formula is C13H12N2O3. The summed E-state index contributed by atoms with van der Waals surface area (Å²) in [5.74, 6) is -0.641. The molecule has 5 nitrogen and oxygen atoms in total. The highest BCUT2D eigenvalue weighted by Crippen LogP contribution is 2.13. The summed E-state index contributed by atoms with van der Waals surface area (Å²) in [7, 11) is 0. The molecule has 0 atom stereocenters. The van der Waals surface area contributed by atoms with E-state index in [2.05, 4.69) is 9.97 Å². The van der Waals surface area contributed by atoms with Crippen LogP contribution >= 0.6 is 0 Å². The van der Waals surface area contributed by atoms with Gasteiger partial charge in [0.25, 0.3) is 0 Å². The number of hydrogen-bond donors (Lipinski definition) is 1. The second-order valence-corrected chi connectivity index (χ2v) is 3.78. The first-order valence-electron chi connectivity index (χ1n) is 5.40. The maximum Gasteiger partial charge on any atom is 0.373 e. The number of aromatic nitrogens is 2. The molecule has 92 valence electrons. The lowest BCUT2D eigenvalue weighted by atomic mass is 10.2. The molecule has 0 bridgehead atoms. The Morgan fingerprint density at radius 2 is 2.22 bits per heavy atom. The third-order valence-electron chi connectivity index (χ3n) is 2.28. The van der Waals surface area contributed by atoms with E-state index in [0.717, 1.165) is 11.3 Å². The van der Waals surface area contributed by atoms with Gasteiger partial charge in [0, 0.05) is 6.20 Å². The van der Waals surface area contributed by atoms with Crippen LogP contribution in [0.25, 0.3) is 0 Å². The van der Waals surface area contributed by atoms with E-state index >= 15 is 0 Å². The summed E-state index contributed by atoms with van der Waals surface area (Å²) in [5.41, 5.74) is 1.63. The molecule has 0 radical (unpaired) electrons. The standard InChI is InChI=1S/C13H12N2O3/c1-9-3-2-4-11(7-9)18-8-10-5-6-14-12(15-10)13(16)17/h2-7H,8H2,1H3,(H,16,17). The van der Waals surface area contributed by atoms with Gasteiger partial charge in [-0.05, 0) is 30.7 Å². The molecule has 5 heteroatoms. The van der Waals surface area contributed by atoms with E-state index in [1.54, 1.807) is 6.07 Å². The third kappa shape index (κ3) is 3.04. The fourth-order valence-corrected chi connectivity index (χ4v) is 1.44. The van der Waals surface area contributed by atoms with Gasteiger partial charge in [0.1, 0.15) is 12.4 Å². The number of nitrogens with zero attached hydrogens (tertiary/aromatic N) is 2. The van der Waals surface area contributed by atoms with E-state index in [9.17, 15) is 4.79 Å². The molecule has 2 aromatic rings. The van der Waals surface area contributed by atoms with Gasteiger partial charge < -0.3 is 9.84 Å². The maximum atomic E-state index is 10.7. The molecule has 1 N–H and O–H groups in total. The van der Waals surface area contributed by atoms with Crippen LogP contribution in [-0.2, 0) is 6.61 Å². The second-order valence-electron chi connectivity index (χ2n) is 3.78. The fourth-order valence-electron chi connectivity index (χ4n) is 1.44. The van der Waals surface area contributed by atoms with Crippen LogP contribution in [0.2, 0.25) is 0 Å². The van der Waals surface area contributed by atoms with Gasteiger partial charge in [0.2, 0.25) is 5.82 Å². The van der Waals surface area contributed by atoms with Gasteiger partial charge in [0.15, 0.2) is 0 Å². The molecule has 0 saturated heterocycles. The van der Waals surface area contributed by atoms with Gasteiger partial charge >= 0.3 is 5.97 Å². The van der Waals surface area contributed by atoms with Crippen molar-refractivity contribution in [1.82, 2.24) is 9.97 Å². The summed E-state index contributed by atoms with van der Waals surface area (Å²) in [5, 5.41) is 8.77. The highest BCUT2D eigenvalue weighted by molar-refractivity contribution is 5.82. The Hall–Kier alpha value is -2.43. The first-order valence-corrected chi connectivity index (χ1v) is 5.40. The minimum atomic E-state index is -1.15. The monoisotopic (exact) mass is 244 g/mol. The zero-order chi connectivity index (χ0) is 13.0. The highest BCUT2D eigenvalue weighted by atomic mass is 16.5. The van der Waals surface area contributed by atoms with Crippen LogP contribution in [0.15, 0.2) is 36.5 Å². The Morgan fingerprint density at radius 3 is 2.94 bits per heavy atom. The molecule has 1 heterocycles. The summed E-state index contributed by atoms with van der Waals surface area (Å²) in [4.78, 5) is 18.2. The van der Waals surface area contributed by atoms with Gasteiger partial charge in [-0.15, -0.1) is 0 Å². The van der Waals surface area contributed by atoms with Crippen molar-refractivity contribution in [2.24, 2.45) is 0 Å². The lowest BCUT2D eigenvalue weighted by Crippen LogP contribution is -2.07. The molecule has 2 rings (SSSR count). The summed E-state index contributed by atoms with van der Waals surface area (Å²) in [6, 6.07) is 9.24. The average molecular weight is 244 g/mol. The van der Waals surface area contributed by atoms with E-state index in [4.69, 9.17) is 9.84 Å². The minimum absolute atomic E-state index is 0.215. The number of aryl methyl sites for hydroxylation is 1. The zero-order valence-corrected chi connectivity index (χ0v) is 9.83. The summed E-state index contributed by atoms with van der Waals surface area (Å²) in [6.07, 6.45) is 1.41. The average Bonchev–Trinajstić information content (AvgIpc) is 2.37. The van der Waals surface area contributed by atoms with Gasteiger partial charge in [-0.1, -0.05) is 12.1 Å². The molecule has 1 aromatic heterocycles. The Bertz CT molecular complexity index is 570. The van der Waals surface area contributed by atoms with Crippen LogP contribution in [-0.4, -0.2) is 21.0 Å². The summed E-state index contributed by atoms with van der Waals surface area (Å²) >= 11 is 0. The Labute approximate surface area is 104 Å². The van der Waals surface area contributed by atoms with Crippen LogP contribution in [0, 0.1) is 6.92 Å². The van der Waals surface area contributed by atoms with Crippen LogP contribution < -0.4 is 4.74 Å². The second kappa shape index (κ2) is 5.27. The van der Waals surface area contributed by atoms with Gasteiger partial charge in [-0.25, -0.2) is 14.8 Å². The number of hydrogen-bond acceptors (Lipinski definition) is 4. The largest absolute Gasteiger partial charge is 0.487 e. The topological polar surface area (TPSA) is 72.3 Å². The van der Waals surface area contributed by atoms with E-state index in [-0.39, 0.29) is 12.4 Å². The number of carboxylic acid groups (broad SMARTS) is 1. The maximum absolute atomic E-state index is 10.7. The Balaban J connectivity index is 2.06. The molecule has 0 fully saturated rings. The molecule has 0 aliphatic rings. The molecule has 0 aliphatic carbocycles. The van der Waals surface area contributed by atoms with Gasteiger partial charge in [0.05, 0.1) is 5.69 Å². The molecular weight excluding hydrogens is 232 g/mol. The number of carbonyl (C=O) groups is 1. The predicted molar refractivity (Wildman–Crippen MR) is 64.5 cm³/mol. The van der Waals surface area contributed by atoms with Crippen molar-refractivity contribution in [3.63, 3.8) is 0 Å². The zero-order valence-electron chi connectivity index (χ0n) is 9.83. The molecule has 0 saturated carbocycles. The quantitative estimate of drug-likeness (QED) is 0.891. The molecule has 0 unspecified atom stereocenters. The van der Waals surface area contributed by atoms with Crippen molar-refractivity contribution >= 4 is 5.97 Å². The van der Waals surface area contributed by atoms with Crippen LogP contribution in [0.5, 0.6) is 5.75 Å². The third-order valence-corrected chi connectivity index (χ3v) is 2.28. The number of benzene rings is 1. The van der Waals surface area contributed by atoms with Crippen LogP contribution in [0.3, 0.4) is 0 Å². The lowest BCUT2D eigenvalue weighted by Gasteiger charge is -2.06. The van der Waals surface area contributed by atoms with E-state index in [1.807, 2.05) is 31.2 Å². The number of rotatable bonds is 4. The highest BCUT2D eigenvalue weighted by Gasteiger charge is 2.07. The van der Waals surface area contributed by atoms with Crippen molar-refractivity contribution < 1.29 is 14.6 Å². The van der Waals surface area contributed by atoms with Crippen molar-refractivity contribution in [2.45, 2.75) is 13.5 Å². The van der Waals surface area contributed by atoms with Gasteiger partial charge in [-0.2, -0.15) is 0 Å².